The fourth-order valence-electron chi connectivity index (χ4n) is 3.15. The number of carbonyl (C=O) groups is 1. The summed E-state index contributed by atoms with van der Waals surface area (Å²) >= 11 is 0. The van der Waals surface area contributed by atoms with Gasteiger partial charge in [0.1, 0.15) is 5.56 Å². The molecule has 0 spiro atoms. The molecule has 3 rings (SSSR count). The van der Waals surface area contributed by atoms with Crippen molar-refractivity contribution in [1.29, 1.82) is 0 Å². The van der Waals surface area contributed by atoms with Crippen LogP contribution >= 0.6 is 0 Å². The second-order valence-electron chi connectivity index (χ2n) is 5.76. The van der Waals surface area contributed by atoms with Gasteiger partial charge in [0, 0.05) is 30.8 Å². The second kappa shape index (κ2) is 6.51. The summed E-state index contributed by atoms with van der Waals surface area (Å²) < 4.78 is 11.1. The molecular weight excluding hydrogens is 302 g/mol. The fourth-order valence-corrected chi connectivity index (χ4v) is 3.15. The molecule has 2 heterocycles. The maximum Gasteiger partial charge on any atom is 0.284 e. The van der Waals surface area contributed by atoms with Crippen molar-refractivity contribution in [1.82, 2.24) is 0 Å². The molecule has 8 nitrogen and oxygen atoms in total. The summed E-state index contributed by atoms with van der Waals surface area (Å²) in [5.41, 5.74) is 5.60. The molecule has 0 atom stereocenters. The van der Waals surface area contributed by atoms with Crippen molar-refractivity contribution in [3.05, 3.63) is 33.9 Å². The first-order chi connectivity index (χ1) is 11.1. The van der Waals surface area contributed by atoms with Gasteiger partial charge in [0.2, 0.25) is 0 Å². The van der Waals surface area contributed by atoms with Gasteiger partial charge in [0.25, 0.3) is 11.6 Å². The van der Waals surface area contributed by atoms with Crippen molar-refractivity contribution in [3.63, 3.8) is 0 Å². The van der Waals surface area contributed by atoms with Crippen molar-refractivity contribution in [2.75, 3.05) is 31.2 Å². The highest BCUT2D eigenvalue weighted by atomic mass is 16.7. The summed E-state index contributed by atoms with van der Waals surface area (Å²) in [7, 11) is 0. The van der Waals surface area contributed by atoms with E-state index in [2.05, 4.69) is 4.90 Å². The number of rotatable bonds is 4. The van der Waals surface area contributed by atoms with Gasteiger partial charge >= 0.3 is 0 Å². The summed E-state index contributed by atoms with van der Waals surface area (Å²) in [4.78, 5) is 23.9. The van der Waals surface area contributed by atoms with Crippen molar-refractivity contribution in [2.24, 2.45) is 11.7 Å². The van der Waals surface area contributed by atoms with Gasteiger partial charge in [-0.05, 0) is 25.0 Å². The number of nitro benzene ring substituents is 1. The third-order valence-electron chi connectivity index (χ3n) is 4.38. The quantitative estimate of drug-likeness (QED) is 0.661. The van der Waals surface area contributed by atoms with E-state index in [1.165, 1.54) is 12.1 Å². The van der Waals surface area contributed by atoms with Crippen molar-refractivity contribution >= 4 is 17.3 Å². The van der Waals surface area contributed by atoms with E-state index in [1.54, 1.807) is 6.07 Å². The van der Waals surface area contributed by atoms with Gasteiger partial charge in [-0.1, -0.05) is 0 Å². The Morgan fingerprint density at radius 2 is 1.91 bits per heavy atom. The smallest absolute Gasteiger partial charge is 0.284 e. The molecule has 2 aliphatic rings. The molecule has 0 bridgehead atoms. The predicted molar refractivity (Wildman–Crippen MR) is 82.2 cm³/mol. The molecule has 8 heteroatoms. The number of nitrogens with zero attached hydrogens (tertiary/aromatic N) is 2. The fraction of sp³-hybridized carbons (Fsp3) is 0.533. The van der Waals surface area contributed by atoms with E-state index < -0.39 is 10.8 Å². The van der Waals surface area contributed by atoms with Crippen molar-refractivity contribution in [2.45, 2.75) is 19.1 Å². The first kappa shape index (κ1) is 15.7. The van der Waals surface area contributed by atoms with Crippen LogP contribution in [0.15, 0.2) is 18.2 Å². The van der Waals surface area contributed by atoms with Crippen molar-refractivity contribution in [3.8, 4) is 0 Å². The molecule has 2 N–H and O–H groups in total. The molecule has 2 aliphatic heterocycles. The average molecular weight is 321 g/mol. The minimum atomic E-state index is -0.794. The molecule has 2 saturated heterocycles. The summed E-state index contributed by atoms with van der Waals surface area (Å²) in [6.45, 7) is 2.82. The normalized spacial score (nSPS) is 19.9. The maximum atomic E-state index is 11.3. The summed E-state index contributed by atoms with van der Waals surface area (Å²) in [6, 6.07) is 4.55. The number of piperidine rings is 1. The number of hydrogen-bond donors (Lipinski definition) is 1. The molecule has 1 amide bonds. The number of carbonyl (C=O) groups excluding carboxylic acids is 1. The number of benzene rings is 1. The van der Waals surface area contributed by atoms with Gasteiger partial charge in [0.15, 0.2) is 6.29 Å². The minimum Gasteiger partial charge on any atom is -0.371 e. The van der Waals surface area contributed by atoms with Crippen LogP contribution in [-0.4, -0.2) is 43.4 Å². The molecule has 0 radical (unpaired) electrons. The van der Waals surface area contributed by atoms with Crippen LogP contribution in [-0.2, 0) is 9.47 Å². The lowest BCUT2D eigenvalue weighted by Crippen LogP contribution is -2.38. The Kier molecular flexibility index (Phi) is 4.44. The number of primary amides is 1. The van der Waals surface area contributed by atoms with Gasteiger partial charge in [0.05, 0.1) is 18.1 Å². The highest BCUT2D eigenvalue weighted by molar-refractivity contribution is 5.97. The van der Waals surface area contributed by atoms with E-state index in [0.717, 1.165) is 31.6 Å². The van der Waals surface area contributed by atoms with E-state index in [-0.39, 0.29) is 17.5 Å². The Hall–Kier alpha value is -2.19. The van der Waals surface area contributed by atoms with Gasteiger partial charge in [-0.15, -0.1) is 0 Å². The number of nitro groups is 1. The first-order valence-corrected chi connectivity index (χ1v) is 7.62. The van der Waals surface area contributed by atoms with Crippen LogP contribution in [0.25, 0.3) is 0 Å². The third-order valence-corrected chi connectivity index (χ3v) is 4.38. The molecule has 1 aromatic carbocycles. The Morgan fingerprint density at radius 1 is 1.26 bits per heavy atom. The lowest BCUT2D eigenvalue weighted by atomic mass is 9.95. The van der Waals surface area contributed by atoms with E-state index >= 15 is 0 Å². The second-order valence-corrected chi connectivity index (χ2v) is 5.76. The summed E-state index contributed by atoms with van der Waals surface area (Å²) in [5, 5.41) is 11.1. The monoisotopic (exact) mass is 321 g/mol. The Morgan fingerprint density at radius 3 is 2.48 bits per heavy atom. The minimum absolute atomic E-state index is 0.0682. The lowest BCUT2D eigenvalue weighted by molar-refractivity contribution is -0.385. The van der Waals surface area contributed by atoms with Crippen LogP contribution in [0.1, 0.15) is 23.2 Å². The van der Waals surface area contributed by atoms with Crippen LogP contribution in [0.4, 0.5) is 11.4 Å². The SMILES string of the molecule is NC(=O)c1ccc(N2CCC(C3OCCO3)CC2)cc1[N+](=O)[O-]. The summed E-state index contributed by atoms with van der Waals surface area (Å²) in [5.74, 6) is -0.439. The highest BCUT2D eigenvalue weighted by Crippen LogP contribution is 2.31. The van der Waals surface area contributed by atoms with Gasteiger partial charge in [-0.3, -0.25) is 14.9 Å². The molecule has 124 valence electrons. The zero-order chi connectivity index (χ0) is 16.4. The number of nitrogens with two attached hydrogens (primary N) is 1. The standard InChI is InChI=1S/C15H19N3O5/c16-14(19)12-2-1-11(9-13(12)18(20)21)17-5-3-10(4-6-17)15-22-7-8-23-15/h1-2,9-10,15H,3-8H2,(H2,16,19). The Balaban J connectivity index is 1.71. The molecule has 0 unspecified atom stereocenters. The molecule has 0 aliphatic carbocycles. The van der Waals surface area contributed by atoms with Crippen LogP contribution in [0.3, 0.4) is 0 Å². The molecule has 23 heavy (non-hydrogen) atoms. The summed E-state index contributed by atoms with van der Waals surface area (Å²) in [6.07, 6.45) is 1.68. The lowest BCUT2D eigenvalue weighted by Gasteiger charge is -2.35. The van der Waals surface area contributed by atoms with Crippen LogP contribution in [0.5, 0.6) is 0 Å². The number of ether oxygens (including phenoxy) is 2. The van der Waals surface area contributed by atoms with E-state index in [9.17, 15) is 14.9 Å². The van der Waals surface area contributed by atoms with Crippen molar-refractivity contribution < 1.29 is 19.2 Å². The molecule has 1 aromatic rings. The van der Waals surface area contributed by atoms with Crippen LogP contribution in [0, 0.1) is 16.0 Å². The third kappa shape index (κ3) is 3.27. The number of anilines is 1. The zero-order valence-corrected chi connectivity index (χ0v) is 12.6. The topological polar surface area (TPSA) is 108 Å². The zero-order valence-electron chi connectivity index (χ0n) is 12.6. The average Bonchev–Trinajstić information content (AvgIpc) is 3.09. The predicted octanol–water partition coefficient (Wildman–Crippen LogP) is 1.28. The molecule has 0 saturated carbocycles. The van der Waals surface area contributed by atoms with Gasteiger partial charge in [-0.2, -0.15) is 0 Å². The Bertz CT molecular complexity index is 607. The van der Waals surface area contributed by atoms with Crippen LogP contribution < -0.4 is 10.6 Å². The van der Waals surface area contributed by atoms with E-state index in [0.29, 0.717) is 19.1 Å². The molecule has 2 fully saturated rings. The number of hydrogen-bond acceptors (Lipinski definition) is 6. The first-order valence-electron chi connectivity index (χ1n) is 7.62. The van der Waals surface area contributed by atoms with E-state index in [1.807, 2.05) is 0 Å². The van der Waals surface area contributed by atoms with Gasteiger partial charge < -0.3 is 20.1 Å². The van der Waals surface area contributed by atoms with E-state index in [4.69, 9.17) is 15.2 Å². The van der Waals surface area contributed by atoms with Crippen LogP contribution in [0.2, 0.25) is 0 Å². The maximum absolute atomic E-state index is 11.3. The number of amides is 1. The molecule has 0 aromatic heterocycles. The Labute approximate surface area is 133 Å². The largest absolute Gasteiger partial charge is 0.371 e. The molecular formula is C15H19N3O5. The highest BCUT2D eigenvalue weighted by Gasteiger charge is 2.31. The van der Waals surface area contributed by atoms with Gasteiger partial charge in [-0.25, -0.2) is 0 Å².